The number of ether oxygens (including phenoxy) is 1. The van der Waals surface area contributed by atoms with Crippen molar-refractivity contribution in [3.63, 3.8) is 0 Å². The van der Waals surface area contributed by atoms with Gasteiger partial charge in [-0.2, -0.15) is 4.98 Å². The SMILES string of the molecule is Fc1ccc2[nH]cc(CCOc3nc(-c4ccc(F)c(F)c4)nc4scnc34)c2c1. The number of benzene rings is 2. The van der Waals surface area contributed by atoms with Crippen molar-refractivity contribution in [1.82, 2.24) is 19.9 Å². The van der Waals surface area contributed by atoms with Crippen LogP contribution in [0.25, 0.3) is 32.6 Å². The number of aromatic amines is 1. The first kappa shape index (κ1) is 18.6. The number of hydrogen-bond donors (Lipinski definition) is 1. The van der Waals surface area contributed by atoms with E-state index < -0.39 is 11.6 Å². The molecule has 1 N–H and O–H groups in total. The number of nitrogens with one attached hydrogen (secondary N) is 1. The number of nitrogens with zero attached hydrogens (tertiary/aromatic N) is 3. The maximum atomic E-state index is 13.6. The van der Waals surface area contributed by atoms with Crippen molar-refractivity contribution in [2.75, 3.05) is 6.61 Å². The molecule has 0 amide bonds. The van der Waals surface area contributed by atoms with Gasteiger partial charge in [-0.25, -0.2) is 23.1 Å². The third-order valence-electron chi connectivity index (χ3n) is 4.68. The van der Waals surface area contributed by atoms with Gasteiger partial charge in [0.2, 0.25) is 5.88 Å². The number of aromatic nitrogens is 4. The Morgan fingerprint density at radius 3 is 2.77 bits per heavy atom. The molecule has 0 aliphatic rings. The fourth-order valence-electron chi connectivity index (χ4n) is 3.22. The van der Waals surface area contributed by atoms with E-state index in [1.807, 2.05) is 6.20 Å². The standard InChI is InChI=1S/C21H13F3N4OS/c22-13-2-4-17-14(8-13)12(9-25-17)5-6-29-20-18-21(30-10-26-18)28-19(27-20)11-1-3-15(23)16(24)7-11/h1-4,7-10,25H,5-6H2. The van der Waals surface area contributed by atoms with Gasteiger partial charge in [-0.05, 0) is 42.0 Å². The van der Waals surface area contributed by atoms with Crippen LogP contribution in [-0.4, -0.2) is 26.5 Å². The van der Waals surface area contributed by atoms with Gasteiger partial charge in [0.25, 0.3) is 0 Å². The number of halogens is 3. The summed E-state index contributed by atoms with van der Waals surface area (Å²) in [6, 6.07) is 8.05. The fraction of sp³-hybridized carbons (Fsp3) is 0.0952. The van der Waals surface area contributed by atoms with E-state index in [4.69, 9.17) is 4.74 Å². The maximum absolute atomic E-state index is 13.6. The first-order valence-electron chi connectivity index (χ1n) is 9.03. The molecule has 30 heavy (non-hydrogen) atoms. The zero-order valence-electron chi connectivity index (χ0n) is 15.3. The van der Waals surface area contributed by atoms with Crippen molar-refractivity contribution < 1.29 is 17.9 Å². The van der Waals surface area contributed by atoms with Gasteiger partial charge in [0.15, 0.2) is 27.8 Å². The Kier molecular flexibility index (Phi) is 4.59. The third-order valence-corrected chi connectivity index (χ3v) is 5.40. The van der Waals surface area contributed by atoms with Crippen molar-refractivity contribution in [2.45, 2.75) is 6.42 Å². The van der Waals surface area contributed by atoms with Gasteiger partial charge >= 0.3 is 0 Å². The van der Waals surface area contributed by atoms with Crippen LogP contribution in [0.2, 0.25) is 0 Å². The van der Waals surface area contributed by atoms with E-state index in [1.165, 1.54) is 29.5 Å². The first-order chi connectivity index (χ1) is 14.6. The molecule has 0 aliphatic heterocycles. The second-order valence-electron chi connectivity index (χ2n) is 6.59. The van der Waals surface area contributed by atoms with Gasteiger partial charge in [-0.1, -0.05) is 0 Å². The van der Waals surface area contributed by atoms with Crippen LogP contribution in [-0.2, 0) is 6.42 Å². The molecule has 5 nitrogen and oxygen atoms in total. The molecule has 9 heteroatoms. The van der Waals surface area contributed by atoms with Crippen LogP contribution in [0.4, 0.5) is 13.2 Å². The predicted molar refractivity (Wildman–Crippen MR) is 108 cm³/mol. The molecule has 0 fully saturated rings. The van der Waals surface area contributed by atoms with Gasteiger partial charge in [-0.15, -0.1) is 11.3 Å². The van der Waals surface area contributed by atoms with Crippen molar-refractivity contribution >= 4 is 32.6 Å². The normalized spacial score (nSPS) is 11.4. The lowest BCUT2D eigenvalue weighted by atomic mass is 10.1. The van der Waals surface area contributed by atoms with Crippen molar-refractivity contribution in [1.29, 1.82) is 0 Å². The van der Waals surface area contributed by atoms with Crippen molar-refractivity contribution in [3.05, 3.63) is 71.1 Å². The van der Waals surface area contributed by atoms with Gasteiger partial charge in [0, 0.05) is 29.1 Å². The topological polar surface area (TPSA) is 63.7 Å². The Hall–Kier alpha value is -3.46. The molecule has 0 aliphatic carbocycles. The highest BCUT2D eigenvalue weighted by Crippen LogP contribution is 2.29. The van der Waals surface area contributed by atoms with E-state index in [9.17, 15) is 13.2 Å². The minimum Gasteiger partial charge on any atom is -0.476 e. The molecule has 3 aromatic heterocycles. The third kappa shape index (κ3) is 3.37. The Morgan fingerprint density at radius 2 is 1.90 bits per heavy atom. The lowest BCUT2D eigenvalue weighted by molar-refractivity contribution is 0.313. The average molecular weight is 426 g/mol. The molecule has 2 aromatic carbocycles. The van der Waals surface area contributed by atoms with Crippen LogP contribution >= 0.6 is 11.3 Å². The molecule has 0 saturated heterocycles. The highest BCUT2D eigenvalue weighted by molar-refractivity contribution is 7.16. The molecule has 5 rings (SSSR count). The number of fused-ring (bicyclic) bond motifs is 2. The smallest absolute Gasteiger partial charge is 0.245 e. The quantitative estimate of drug-likeness (QED) is 0.416. The number of rotatable bonds is 5. The maximum Gasteiger partial charge on any atom is 0.245 e. The van der Waals surface area contributed by atoms with Crippen LogP contribution in [0, 0.1) is 17.5 Å². The molecule has 3 heterocycles. The van der Waals surface area contributed by atoms with Crippen LogP contribution in [0.15, 0.2) is 48.1 Å². The van der Waals surface area contributed by atoms with E-state index >= 15 is 0 Å². The summed E-state index contributed by atoms with van der Waals surface area (Å²) < 4.78 is 46.3. The summed E-state index contributed by atoms with van der Waals surface area (Å²) in [7, 11) is 0. The molecular weight excluding hydrogens is 413 g/mol. The minimum absolute atomic E-state index is 0.217. The summed E-state index contributed by atoms with van der Waals surface area (Å²) in [4.78, 5) is 16.7. The highest BCUT2D eigenvalue weighted by atomic mass is 32.1. The number of thiazole rings is 1. The first-order valence-corrected chi connectivity index (χ1v) is 9.91. The zero-order valence-corrected chi connectivity index (χ0v) is 16.1. The van der Waals surface area contributed by atoms with Crippen LogP contribution in [0.3, 0.4) is 0 Å². The van der Waals surface area contributed by atoms with Crippen molar-refractivity contribution in [2.24, 2.45) is 0 Å². The predicted octanol–water partition coefficient (Wildman–Crippen LogP) is 5.27. The van der Waals surface area contributed by atoms with Gasteiger partial charge in [-0.3, -0.25) is 0 Å². The Bertz CT molecular complexity index is 1380. The van der Waals surface area contributed by atoms with Gasteiger partial charge in [0.1, 0.15) is 5.82 Å². The molecule has 0 bridgehead atoms. The van der Waals surface area contributed by atoms with Crippen LogP contribution < -0.4 is 4.74 Å². The summed E-state index contributed by atoms with van der Waals surface area (Å²) in [5.74, 6) is -1.75. The summed E-state index contributed by atoms with van der Waals surface area (Å²) in [5.41, 5.74) is 4.20. The van der Waals surface area contributed by atoms with Crippen LogP contribution in [0.5, 0.6) is 5.88 Å². The molecule has 0 spiro atoms. The van der Waals surface area contributed by atoms with Gasteiger partial charge in [0.05, 0.1) is 12.1 Å². The second-order valence-corrected chi connectivity index (χ2v) is 7.42. The van der Waals surface area contributed by atoms with E-state index in [2.05, 4.69) is 19.9 Å². The largest absolute Gasteiger partial charge is 0.476 e. The lowest BCUT2D eigenvalue weighted by Gasteiger charge is -2.08. The zero-order chi connectivity index (χ0) is 20.7. The Balaban J connectivity index is 1.42. The van der Waals surface area contributed by atoms with Crippen LogP contribution in [0.1, 0.15) is 5.56 Å². The minimum atomic E-state index is -0.977. The highest BCUT2D eigenvalue weighted by Gasteiger charge is 2.15. The Morgan fingerprint density at radius 1 is 1.00 bits per heavy atom. The van der Waals surface area contributed by atoms with E-state index in [1.54, 1.807) is 11.6 Å². The Labute approximate surface area is 172 Å². The van der Waals surface area contributed by atoms with E-state index in [0.717, 1.165) is 28.6 Å². The molecule has 0 radical (unpaired) electrons. The fourth-order valence-corrected chi connectivity index (χ4v) is 3.87. The summed E-state index contributed by atoms with van der Waals surface area (Å²) >= 11 is 1.30. The van der Waals surface area contributed by atoms with E-state index in [0.29, 0.717) is 22.3 Å². The summed E-state index contributed by atoms with van der Waals surface area (Å²) in [5, 5.41) is 0.794. The number of H-pyrrole nitrogens is 1. The molecule has 0 saturated carbocycles. The average Bonchev–Trinajstić information content (AvgIpc) is 3.37. The molecule has 0 atom stereocenters. The van der Waals surface area contributed by atoms with Gasteiger partial charge < -0.3 is 9.72 Å². The summed E-state index contributed by atoms with van der Waals surface area (Å²) in [6.45, 7) is 0.268. The summed E-state index contributed by atoms with van der Waals surface area (Å²) in [6.07, 6.45) is 2.33. The molecule has 150 valence electrons. The van der Waals surface area contributed by atoms with E-state index in [-0.39, 0.29) is 24.1 Å². The molecule has 5 aromatic rings. The monoisotopic (exact) mass is 426 g/mol. The van der Waals surface area contributed by atoms with Crippen molar-refractivity contribution in [3.8, 4) is 17.3 Å². The molecular formula is C21H13F3N4OS. The number of hydrogen-bond acceptors (Lipinski definition) is 5. The molecule has 0 unspecified atom stereocenters. The second kappa shape index (κ2) is 7.42. The lowest BCUT2D eigenvalue weighted by Crippen LogP contribution is -2.04.